The third-order valence-corrected chi connectivity index (χ3v) is 5.45. The summed E-state index contributed by atoms with van der Waals surface area (Å²) in [7, 11) is 3.45. The Morgan fingerprint density at radius 2 is 1.77 bits per heavy atom. The van der Waals surface area contributed by atoms with Crippen LogP contribution in [0.25, 0.3) is 0 Å². The molecule has 0 saturated carbocycles. The van der Waals surface area contributed by atoms with Crippen LogP contribution >= 0.6 is 24.0 Å². The summed E-state index contributed by atoms with van der Waals surface area (Å²) in [5.74, 6) is 1.88. The number of fused-ring (bicyclic) bond motifs is 1. The summed E-state index contributed by atoms with van der Waals surface area (Å²) in [6, 6.07) is 16.4. The second kappa shape index (κ2) is 13.2. The summed E-state index contributed by atoms with van der Waals surface area (Å²) in [5.41, 5.74) is 3.80. The van der Waals surface area contributed by atoms with Crippen molar-refractivity contribution in [1.82, 2.24) is 15.5 Å². The third kappa shape index (κ3) is 7.41. The molecular formula is C24H33IN4O2. The molecule has 31 heavy (non-hydrogen) atoms. The van der Waals surface area contributed by atoms with Gasteiger partial charge in [0.25, 0.3) is 0 Å². The SMILES string of the molecule is CN=C(NCCCC(=O)N1CCc2ccccc2C1)NCCc1ccccc1OC.I. The van der Waals surface area contributed by atoms with E-state index in [0.717, 1.165) is 56.2 Å². The molecule has 2 aromatic carbocycles. The number of hydrogen-bond donors (Lipinski definition) is 2. The van der Waals surface area contributed by atoms with E-state index < -0.39 is 0 Å². The van der Waals surface area contributed by atoms with E-state index in [0.29, 0.717) is 13.0 Å². The first-order valence-corrected chi connectivity index (χ1v) is 10.6. The number of benzene rings is 2. The number of carbonyl (C=O) groups is 1. The zero-order valence-electron chi connectivity index (χ0n) is 18.4. The molecule has 6 nitrogen and oxygen atoms in total. The van der Waals surface area contributed by atoms with Crippen LogP contribution in [0.1, 0.15) is 29.5 Å². The number of rotatable bonds is 8. The molecule has 0 atom stereocenters. The van der Waals surface area contributed by atoms with Crippen LogP contribution in [-0.4, -0.2) is 50.6 Å². The van der Waals surface area contributed by atoms with Gasteiger partial charge in [-0.2, -0.15) is 0 Å². The van der Waals surface area contributed by atoms with Crippen LogP contribution in [0.5, 0.6) is 5.75 Å². The summed E-state index contributed by atoms with van der Waals surface area (Å²) >= 11 is 0. The highest BCUT2D eigenvalue weighted by atomic mass is 127. The number of guanidine groups is 1. The van der Waals surface area contributed by atoms with Crippen molar-refractivity contribution < 1.29 is 9.53 Å². The standard InChI is InChI=1S/C24H32N4O2.HI/c1-25-24(27-16-13-20-9-5-6-11-22(20)30-2)26-15-7-12-23(29)28-17-14-19-8-3-4-10-21(19)18-28;/h3-6,8-11H,7,12-18H2,1-2H3,(H2,25,26,27);1H. The number of halogens is 1. The molecule has 2 N–H and O–H groups in total. The molecule has 1 amide bonds. The van der Waals surface area contributed by atoms with E-state index in [9.17, 15) is 4.79 Å². The number of para-hydroxylation sites is 1. The van der Waals surface area contributed by atoms with E-state index >= 15 is 0 Å². The van der Waals surface area contributed by atoms with Crippen LogP contribution in [0.3, 0.4) is 0 Å². The van der Waals surface area contributed by atoms with Crippen molar-refractivity contribution in [2.75, 3.05) is 33.8 Å². The quantitative estimate of drug-likeness (QED) is 0.235. The number of nitrogens with zero attached hydrogens (tertiary/aromatic N) is 2. The van der Waals surface area contributed by atoms with E-state index in [1.165, 1.54) is 11.1 Å². The predicted octanol–water partition coefficient (Wildman–Crippen LogP) is 3.39. The van der Waals surface area contributed by atoms with Crippen molar-refractivity contribution in [3.63, 3.8) is 0 Å². The first-order chi connectivity index (χ1) is 14.7. The summed E-state index contributed by atoms with van der Waals surface area (Å²) in [5, 5.41) is 6.61. The minimum atomic E-state index is 0. The predicted molar refractivity (Wildman–Crippen MR) is 136 cm³/mol. The van der Waals surface area contributed by atoms with Crippen molar-refractivity contribution in [3.05, 3.63) is 65.2 Å². The van der Waals surface area contributed by atoms with Crippen molar-refractivity contribution in [3.8, 4) is 5.75 Å². The van der Waals surface area contributed by atoms with Gasteiger partial charge in [-0.25, -0.2) is 0 Å². The monoisotopic (exact) mass is 536 g/mol. The Morgan fingerprint density at radius 3 is 2.55 bits per heavy atom. The van der Waals surface area contributed by atoms with E-state index in [1.807, 2.05) is 29.2 Å². The van der Waals surface area contributed by atoms with Gasteiger partial charge in [-0.15, -0.1) is 24.0 Å². The van der Waals surface area contributed by atoms with Crippen LogP contribution in [0.15, 0.2) is 53.5 Å². The molecule has 0 saturated heterocycles. The van der Waals surface area contributed by atoms with Gasteiger partial charge in [-0.05, 0) is 42.0 Å². The maximum Gasteiger partial charge on any atom is 0.222 e. The van der Waals surface area contributed by atoms with Crippen molar-refractivity contribution in [2.24, 2.45) is 4.99 Å². The fourth-order valence-electron chi connectivity index (χ4n) is 3.76. The van der Waals surface area contributed by atoms with Gasteiger partial charge < -0.3 is 20.3 Å². The number of carbonyl (C=O) groups excluding carboxylic acids is 1. The lowest BCUT2D eigenvalue weighted by Crippen LogP contribution is -2.39. The Morgan fingerprint density at radius 1 is 1.06 bits per heavy atom. The number of ether oxygens (including phenoxy) is 1. The molecule has 1 aliphatic rings. The molecule has 0 spiro atoms. The molecule has 0 aliphatic carbocycles. The van der Waals surface area contributed by atoms with Gasteiger partial charge in [0.05, 0.1) is 7.11 Å². The van der Waals surface area contributed by atoms with Gasteiger partial charge in [0.2, 0.25) is 5.91 Å². The minimum Gasteiger partial charge on any atom is -0.496 e. The summed E-state index contributed by atoms with van der Waals surface area (Å²) in [6.45, 7) is 3.01. The van der Waals surface area contributed by atoms with Gasteiger partial charge in [0.15, 0.2) is 5.96 Å². The highest BCUT2D eigenvalue weighted by Crippen LogP contribution is 2.19. The Balaban J connectivity index is 0.00000341. The molecule has 0 bridgehead atoms. The second-order valence-corrected chi connectivity index (χ2v) is 7.43. The van der Waals surface area contributed by atoms with Crippen molar-refractivity contribution >= 4 is 35.8 Å². The molecule has 2 aromatic rings. The Labute approximate surface area is 202 Å². The first kappa shape index (κ1) is 25.0. The average Bonchev–Trinajstić information content (AvgIpc) is 2.80. The zero-order valence-corrected chi connectivity index (χ0v) is 20.7. The normalized spacial score (nSPS) is 13.1. The number of aliphatic imine (C=N–C) groups is 1. The van der Waals surface area contributed by atoms with Gasteiger partial charge >= 0.3 is 0 Å². The van der Waals surface area contributed by atoms with E-state index in [1.54, 1.807) is 14.2 Å². The molecule has 1 heterocycles. The number of hydrogen-bond acceptors (Lipinski definition) is 3. The topological polar surface area (TPSA) is 66.0 Å². The third-order valence-electron chi connectivity index (χ3n) is 5.45. The first-order valence-electron chi connectivity index (χ1n) is 10.6. The maximum absolute atomic E-state index is 12.6. The van der Waals surface area contributed by atoms with Gasteiger partial charge in [0, 0.05) is 39.6 Å². The summed E-state index contributed by atoms with van der Waals surface area (Å²) in [6.07, 6.45) is 3.13. The molecule has 0 fully saturated rings. The molecule has 0 radical (unpaired) electrons. The highest BCUT2D eigenvalue weighted by molar-refractivity contribution is 14.0. The van der Waals surface area contributed by atoms with Crippen LogP contribution in [0.4, 0.5) is 0 Å². The molecule has 3 rings (SSSR count). The molecule has 0 aromatic heterocycles. The molecule has 1 aliphatic heterocycles. The summed E-state index contributed by atoms with van der Waals surface area (Å²) < 4.78 is 5.39. The van der Waals surface area contributed by atoms with E-state index in [4.69, 9.17) is 4.74 Å². The van der Waals surface area contributed by atoms with Crippen LogP contribution in [0.2, 0.25) is 0 Å². The van der Waals surface area contributed by atoms with Gasteiger partial charge in [-0.3, -0.25) is 9.79 Å². The maximum atomic E-state index is 12.6. The van der Waals surface area contributed by atoms with Crippen molar-refractivity contribution in [1.29, 1.82) is 0 Å². The average molecular weight is 536 g/mol. The fraction of sp³-hybridized carbons (Fsp3) is 0.417. The van der Waals surface area contributed by atoms with Crippen LogP contribution < -0.4 is 15.4 Å². The molecule has 168 valence electrons. The number of methoxy groups -OCH3 is 1. The zero-order chi connectivity index (χ0) is 21.2. The fourth-order valence-corrected chi connectivity index (χ4v) is 3.76. The number of nitrogens with one attached hydrogen (secondary N) is 2. The Kier molecular flexibility index (Phi) is 10.6. The molecular weight excluding hydrogens is 503 g/mol. The highest BCUT2D eigenvalue weighted by Gasteiger charge is 2.19. The number of amides is 1. The lowest BCUT2D eigenvalue weighted by Gasteiger charge is -2.29. The molecule has 7 heteroatoms. The van der Waals surface area contributed by atoms with Crippen molar-refractivity contribution in [2.45, 2.75) is 32.2 Å². The Hall–Kier alpha value is -2.29. The van der Waals surface area contributed by atoms with E-state index in [-0.39, 0.29) is 29.9 Å². The van der Waals surface area contributed by atoms with Crippen LogP contribution in [0, 0.1) is 0 Å². The lowest BCUT2D eigenvalue weighted by molar-refractivity contribution is -0.132. The largest absolute Gasteiger partial charge is 0.496 e. The van der Waals surface area contributed by atoms with Crippen LogP contribution in [-0.2, 0) is 24.2 Å². The lowest BCUT2D eigenvalue weighted by atomic mass is 9.99. The smallest absolute Gasteiger partial charge is 0.222 e. The van der Waals surface area contributed by atoms with Gasteiger partial charge in [0.1, 0.15) is 5.75 Å². The van der Waals surface area contributed by atoms with E-state index in [2.05, 4.69) is 39.9 Å². The Bertz CT molecular complexity index is 872. The summed E-state index contributed by atoms with van der Waals surface area (Å²) in [4.78, 5) is 18.8. The minimum absolute atomic E-state index is 0. The molecule has 0 unspecified atom stereocenters. The second-order valence-electron chi connectivity index (χ2n) is 7.43. The van der Waals surface area contributed by atoms with Gasteiger partial charge in [-0.1, -0.05) is 42.5 Å².